The Morgan fingerprint density at radius 3 is 2.54 bits per heavy atom. The molecule has 206 valence electrons. The Labute approximate surface area is 221 Å². The molecule has 2 N–H and O–H groups in total. The Morgan fingerprint density at radius 2 is 1.81 bits per heavy atom. The quantitative estimate of drug-likeness (QED) is 0.220. The van der Waals surface area contributed by atoms with E-state index < -0.39 is 11.8 Å². The van der Waals surface area contributed by atoms with E-state index in [0.29, 0.717) is 42.2 Å². The lowest BCUT2D eigenvalue weighted by Gasteiger charge is -2.23. The molecule has 8 nitrogen and oxygen atoms in total. The molecule has 0 aliphatic carbocycles. The molecule has 0 radical (unpaired) electrons. The summed E-state index contributed by atoms with van der Waals surface area (Å²) < 4.78 is 35.3. The number of benzene rings is 1. The third-order valence-electron chi connectivity index (χ3n) is 6.67. The first-order chi connectivity index (χ1) is 17.6. The molecule has 1 unspecified atom stereocenters. The third-order valence-corrected chi connectivity index (χ3v) is 6.67. The van der Waals surface area contributed by atoms with E-state index in [1.807, 2.05) is 45.9 Å². The number of carbonyl (C=O) groups excluding carboxylic acids is 1. The summed E-state index contributed by atoms with van der Waals surface area (Å²) in [5.41, 5.74) is 6.58. The van der Waals surface area contributed by atoms with Gasteiger partial charge in [0.15, 0.2) is 12.6 Å². The van der Waals surface area contributed by atoms with E-state index in [9.17, 15) is 4.79 Å². The number of fused-ring (bicyclic) bond motifs is 2. The van der Waals surface area contributed by atoms with E-state index in [0.717, 1.165) is 12.8 Å². The van der Waals surface area contributed by atoms with Crippen LogP contribution >= 0.6 is 0 Å². The number of rotatable bonds is 8. The zero-order valence-corrected chi connectivity index (χ0v) is 23.0. The SMILES string of the molecule is COCOc1cc(OCCCCN)cc2c1C(=O)O[C@@H](C)[C@H](C)/C=C\C(C)[C@H]1OC(C)(C)O[C@H]1C/C=C/2. The van der Waals surface area contributed by atoms with Gasteiger partial charge in [-0.3, -0.25) is 0 Å². The summed E-state index contributed by atoms with van der Waals surface area (Å²) in [4.78, 5) is 13.5. The van der Waals surface area contributed by atoms with Crippen molar-refractivity contribution in [3.05, 3.63) is 41.5 Å². The minimum absolute atomic E-state index is 0.00407. The smallest absolute Gasteiger partial charge is 0.342 e. The van der Waals surface area contributed by atoms with Crippen molar-refractivity contribution >= 4 is 12.0 Å². The van der Waals surface area contributed by atoms with Crippen LogP contribution in [0.5, 0.6) is 11.5 Å². The summed E-state index contributed by atoms with van der Waals surface area (Å²) in [5.74, 6) is -0.0613. The van der Waals surface area contributed by atoms with Gasteiger partial charge in [0, 0.05) is 25.0 Å². The predicted molar refractivity (Wildman–Crippen MR) is 143 cm³/mol. The minimum Gasteiger partial charge on any atom is -0.493 e. The van der Waals surface area contributed by atoms with Crippen molar-refractivity contribution in [3.8, 4) is 11.5 Å². The van der Waals surface area contributed by atoms with E-state index in [1.165, 1.54) is 7.11 Å². The molecular weight excluding hydrogens is 474 g/mol. The molecule has 5 atom stereocenters. The fourth-order valence-corrected chi connectivity index (χ4v) is 4.49. The highest BCUT2D eigenvalue weighted by atomic mass is 16.8. The molecule has 37 heavy (non-hydrogen) atoms. The van der Waals surface area contributed by atoms with Crippen LogP contribution in [-0.2, 0) is 18.9 Å². The molecule has 1 saturated heterocycles. The summed E-state index contributed by atoms with van der Waals surface area (Å²) >= 11 is 0. The highest BCUT2D eigenvalue weighted by Gasteiger charge is 2.42. The molecule has 1 aromatic carbocycles. The largest absolute Gasteiger partial charge is 0.493 e. The van der Waals surface area contributed by atoms with Crippen molar-refractivity contribution in [2.75, 3.05) is 27.1 Å². The third kappa shape index (κ3) is 8.04. The first-order valence-corrected chi connectivity index (χ1v) is 13.2. The molecule has 1 fully saturated rings. The van der Waals surface area contributed by atoms with Crippen molar-refractivity contribution in [2.45, 2.75) is 78.0 Å². The van der Waals surface area contributed by atoms with Crippen LogP contribution in [0.2, 0.25) is 0 Å². The Hall–Kier alpha value is -2.39. The summed E-state index contributed by atoms with van der Waals surface area (Å²) in [6.07, 6.45) is 9.84. The van der Waals surface area contributed by atoms with Crippen molar-refractivity contribution in [1.82, 2.24) is 0 Å². The predicted octanol–water partition coefficient (Wildman–Crippen LogP) is 5.10. The number of methoxy groups -OCH3 is 1. The van der Waals surface area contributed by atoms with Gasteiger partial charge >= 0.3 is 5.97 Å². The Morgan fingerprint density at radius 1 is 1.05 bits per heavy atom. The number of cyclic esters (lactones) is 1. The highest BCUT2D eigenvalue weighted by molar-refractivity contribution is 5.97. The number of nitrogens with two attached hydrogens (primary N) is 1. The van der Waals surface area contributed by atoms with Gasteiger partial charge in [-0.2, -0.15) is 0 Å². The van der Waals surface area contributed by atoms with Crippen molar-refractivity contribution < 1.29 is 33.2 Å². The van der Waals surface area contributed by atoms with Crippen LogP contribution < -0.4 is 15.2 Å². The van der Waals surface area contributed by atoms with Crippen molar-refractivity contribution in [2.24, 2.45) is 17.6 Å². The van der Waals surface area contributed by atoms with Crippen LogP contribution in [0.1, 0.15) is 69.8 Å². The highest BCUT2D eigenvalue weighted by Crippen LogP contribution is 2.36. The molecule has 0 spiro atoms. The van der Waals surface area contributed by atoms with Gasteiger partial charge < -0.3 is 34.2 Å². The van der Waals surface area contributed by atoms with E-state index in [4.69, 9.17) is 34.2 Å². The molecule has 0 bridgehead atoms. The van der Waals surface area contributed by atoms with Gasteiger partial charge in [0.2, 0.25) is 0 Å². The van der Waals surface area contributed by atoms with Crippen molar-refractivity contribution in [1.29, 1.82) is 0 Å². The van der Waals surface area contributed by atoms with Gasteiger partial charge in [0.25, 0.3) is 0 Å². The topological polar surface area (TPSA) is 98.5 Å². The average molecular weight is 518 g/mol. The Bertz CT molecular complexity index is 958. The second kappa shape index (κ2) is 13.4. The Balaban J connectivity index is 2.02. The molecule has 8 heteroatoms. The molecular formula is C29H43NO7. The monoisotopic (exact) mass is 517 g/mol. The summed E-state index contributed by atoms with van der Waals surface area (Å²) in [7, 11) is 1.53. The first-order valence-electron chi connectivity index (χ1n) is 13.2. The number of unbranched alkanes of at least 4 members (excludes halogenated alkanes) is 1. The maximum atomic E-state index is 13.5. The number of ether oxygens (including phenoxy) is 6. The fourth-order valence-electron chi connectivity index (χ4n) is 4.49. The standard InChI is InChI=1S/C29H43NO7/c1-19-12-13-20(2)27-24(36-29(4,5)37-27)11-9-10-22-16-23(33-15-8-7-14-30)17-25(34-18-32-6)26(22)28(31)35-21(19)3/h9-10,12-13,16-17,19-21,24,27H,7-8,11,14-15,18,30H2,1-6H3/b10-9+,13-12-/t19-,20?,21+,24+,27-/m1/s1. The average Bonchev–Trinajstić information content (AvgIpc) is 3.17. The Kier molecular flexibility index (Phi) is 10.6. The maximum absolute atomic E-state index is 13.5. The van der Waals surface area contributed by atoms with Gasteiger partial charge in [-0.15, -0.1) is 0 Å². The van der Waals surface area contributed by atoms with Gasteiger partial charge in [-0.05, 0) is 58.2 Å². The lowest BCUT2D eigenvalue weighted by Crippen LogP contribution is -2.29. The zero-order valence-electron chi connectivity index (χ0n) is 23.0. The molecule has 2 aliphatic heterocycles. The minimum atomic E-state index is -0.666. The van der Waals surface area contributed by atoms with E-state index in [2.05, 4.69) is 19.1 Å². The summed E-state index contributed by atoms with van der Waals surface area (Å²) in [6.45, 7) is 11.0. The number of hydrogen-bond donors (Lipinski definition) is 1. The number of carbonyl (C=O) groups is 1. The molecule has 3 rings (SSSR count). The van der Waals surface area contributed by atoms with Crippen LogP contribution in [0.15, 0.2) is 30.4 Å². The maximum Gasteiger partial charge on any atom is 0.342 e. The van der Waals surface area contributed by atoms with Crippen LogP contribution in [0.25, 0.3) is 6.08 Å². The second-order valence-corrected chi connectivity index (χ2v) is 10.3. The molecule has 0 amide bonds. The normalized spacial score (nSPS) is 29.4. The molecule has 1 aromatic rings. The first kappa shape index (κ1) is 29.2. The molecule has 2 heterocycles. The van der Waals surface area contributed by atoms with Gasteiger partial charge in [0.1, 0.15) is 23.2 Å². The van der Waals surface area contributed by atoms with Crippen LogP contribution in [-0.4, -0.2) is 57.1 Å². The number of esters is 1. The fraction of sp³-hybridized carbons (Fsp3) is 0.621. The van der Waals surface area contributed by atoms with E-state index >= 15 is 0 Å². The van der Waals surface area contributed by atoms with Gasteiger partial charge in [-0.25, -0.2) is 4.79 Å². The van der Waals surface area contributed by atoms with Crippen molar-refractivity contribution in [3.63, 3.8) is 0 Å². The second-order valence-electron chi connectivity index (χ2n) is 10.3. The zero-order chi connectivity index (χ0) is 27.0. The molecule has 2 aliphatic rings. The van der Waals surface area contributed by atoms with Crippen LogP contribution in [0.4, 0.5) is 0 Å². The van der Waals surface area contributed by atoms with Crippen LogP contribution in [0, 0.1) is 11.8 Å². The van der Waals surface area contributed by atoms with E-state index in [1.54, 1.807) is 6.07 Å². The van der Waals surface area contributed by atoms with Gasteiger partial charge in [0.05, 0.1) is 18.8 Å². The van der Waals surface area contributed by atoms with Gasteiger partial charge in [-0.1, -0.05) is 38.2 Å². The number of hydrogen-bond acceptors (Lipinski definition) is 8. The lowest BCUT2D eigenvalue weighted by molar-refractivity contribution is -0.148. The lowest BCUT2D eigenvalue weighted by atomic mass is 9.94. The van der Waals surface area contributed by atoms with Crippen LogP contribution in [0.3, 0.4) is 0 Å². The summed E-state index contributed by atoms with van der Waals surface area (Å²) in [5, 5.41) is 0. The summed E-state index contributed by atoms with van der Waals surface area (Å²) in [6, 6.07) is 3.55. The molecule has 0 aromatic heterocycles. The molecule has 0 saturated carbocycles. The van der Waals surface area contributed by atoms with E-state index in [-0.39, 0.29) is 36.9 Å².